The van der Waals surface area contributed by atoms with E-state index in [-0.39, 0.29) is 11.4 Å². The number of nitrogens with zero attached hydrogens (tertiary/aromatic N) is 5. The highest BCUT2D eigenvalue weighted by Crippen LogP contribution is 2.25. The summed E-state index contributed by atoms with van der Waals surface area (Å²) in [5.41, 5.74) is 1.50. The molecule has 2 atom stereocenters. The topological polar surface area (TPSA) is 86.0 Å². The van der Waals surface area contributed by atoms with Crippen molar-refractivity contribution in [2.75, 3.05) is 0 Å². The first kappa shape index (κ1) is 20.6. The number of ether oxygens (including phenoxy) is 1. The van der Waals surface area contributed by atoms with Gasteiger partial charge in [-0.3, -0.25) is 4.98 Å². The Morgan fingerprint density at radius 2 is 1.72 bits per heavy atom. The number of halogens is 5. The lowest BCUT2D eigenvalue weighted by Crippen LogP contribution is -2.32. The van der Waals surface area contributed by atoms with Crippen LogP contribution in [0, 0.1) is 0 Å². The van der Waals surface area contributed by atoms with Gasteiger partial charge in [-0.2, -0.15) is 0 Å². The third-order valence-corrected chi connectivity index (χ3v) is 3.95. The van der Waals surface area contributed by atoms with Gasteiger partial charge in [0, 0.05) is 6.20 Å². The quantitative estimate of drug-likeness (QED) is 0.598. The fraction of sp³-hybridized carbons (Fsp3) is 0.294. The van der Waals surface area contributed by atoms with E-state index in [1.165, 1.54) is 36.5 Å². The van der Waals surface area contributed by atoms with E-state index in [0.29, 0.717) is 17.5 Å². The summed E-state index contributed by atoms with van der Waals surface area (Å²) in [7, 11) is 0. The number of tetrazole rings is 1. The highest BCUT2D eigenvalue weighted by atomic mass is 19.4. The predicted octanol–water partition coefficient (Wildman–Crippen LogP) is 2.77. The van der Waals surface area contributed by atoms with Gasteiger partial charge in [0.2, 0.25) is 0 Å². The number of benzene rings is 1. The van der Waals surface area contributed by atoms with Crippen LogP contribution in [-0.2, 0) is 6.42 Å². The van der Waals surface area contributed by atoms with Crippen LogP contribution in [0.4, 0.5) is 22.0 Å². The van der Waals surface area contributed by atoms with Crippen molar-refractivity contribution in [3.05, 3.63) is 65.7 Å². The van der Waals surface area contributed by atoms with Crippen LogP contribution in [0.2, 0.25) is 0 Å². The molecule has 3 rings (SSSR count). The SMILES string of the molecule is OC(C(F)F)C(c1ccc(Cc2ccc(OC(F)(F)F)cc2)cn1)n1cnnn1. The van der Waals surface area contributed by atoms with Gasteiger partial charge in [-0.15, -0.1) is 18.3 Å². The second-order valence-corrected chi connectivity index (χ2v) is 6.02. The van der Waals surface area contributed by atoms with Crippen LogP contribution in [0.25, 0.3) is 0 Å². The van der Waals surface area contributed by atoms with Crippen LogP contribution in [0.1, 0.15) is 22.9 Å². The highest BCUT2D eigenvalue weighted by Gasteiger charge is 2.33. The molecule has 0 saturated heterocycles. The standard InChI is InChI=1S/C17H14F5N5O2/c18-16(19)15(28)14(27-9-24-25-26-27)13-6-3-11(8-23-13)7-10-1-4-12(5-2-10)29-17(20,21)22/h1-6,8-9,14-16,28H,7H2. The minimum Gasteiger partial charge on any atom is -0.406 e. The molecule has 7 nitrogen and oxygen atoms in total. The van der Waals surface area contributed by atoms with Crippen LogP contribution in [0.3, 0.4) is 0 Å². The molecule has 0 saturated carbocycles. The average molecular weight is 415 g/mol. The Morgan fingerprint density at radius 3 is 2.24 bits per heavy atom. The van der Waals surface area contributed by atoms with Crippen molar-refractivity contribution in [2.45, 2.75) is 31.4 Å². The first-order valence-corrected chi connectivity index (χ1v) is 8.21. The maximum absolute atomic E-state index is 13.0. The maximum atomic E-state index is 13.0. The minimum absolute atomic E-state index is 0.128. The lowest BCUT2D eigenvalue weighted by Gasteiger charge is -2.21. The van der Waals surface area contributed by atoms with E-state index in [4.69, 9.17) is 0 Å². The van der Waals surface area contributed by atoms with Crippen LogP contribution < -0.4 is 4.74 Å². The molecule has 0 aliphatic heterocycles. The van der Waals surface area contributed by atoms with Gasteiger partial charge in [-0.1, -0.05) is 18.2 Å². The van der Waals surface area contributed by atoms with E-state index in [0.717, 1.165) is 11.0 Å². The zero-order chi connectivity index (χ0) is 21.0. The van der Waals surface area contributed by atoms with Gasteiger partial charge in [-0.25, -0.2) is 13.5 Å². The molecule has 0 fully saturated rings. The first-order chi connectivity index (χ1) is 13.7. The zero-order valence-electron chi connectivity index (χ0n) is 14.5. The number of aromatic nitrogens is 5. The van der Waals surface area contributed by atoms with E-state index in [1.54, 1.807) is 6.07 Å². The maximum Gasteiger partial charge on any atom is 0.573 e. The van der Waals surface area contributed by atoms with Crippen LogP contribution in [0.15, 0.2) is 48.9 Å². The van der Waals surface area contributed by atoms with Crippen molar-refractivity contribution < 1.29 is 31.8 Å². The van der Waals surface area contributed by atoms with Crippen molar-refractivity contribution >= 4 is 0 Å². The highest BCUT2D eigenvalue weighted by molar-refractivity contribution is 5.31. The Balaban J connectivity index is 1.74. The molecular formula is C17H14F5N5O2. The lowest BCUT2D eigenvalue weighted by atomic mass is 10.0. The Kier molecular flexibility index (Phi) is 6.01. The van der Waals surface area contributed by atoms with E-state index in [2.05, 4.69) is 25.2 Å². The first-order valence-electron chi connectivity index (χ1n) is 8.21. The van der Waals surface area contributed by atoms with Crippen molar-refractivity contribution in [3.63, 3.8) is 0 Å². The molecule has 12 heteroatoms. The summed E-state index contributed by atoms with van der Waals surface area (Å²) in [5, 5.41) is 20.1. The molecule has 0 aliphatic rings. The Labute approximate surface area is 160 Å². The van der Waals surface area contributed by atoms with Gasteiger partial charge in [0.25, 0.3) is 6.43 Å². The monoisotopic (exact) mass is 415 g/mol. The Bertz CT molecular complexity index is 901. The fourth-order valence-electron chi connectivity index (χ4n) is 2.66. The predicted molar refractivity (Wildman–Crippen MR) is 88.1 cm³/mol. The molecule has 0 spiro atoms. The summed E-state index contributed by atoms with van der Waals surface area (Å²) in [6, 6.07) is 7.11. The van der Waals surface area contributed by atoms with E-state index < -0.39 is 24.9 Å². The summed E-state index contributed by atoms with van der Waals surface area (Å²) in [6.07, 6.45) is -7.02. The molecule has 29 heavy (non-hydrogen) atoms. The van der Waals surface area contributed by atoms with Crippen molar-refractivity contribution in [1.29, 1.82) is 0 Å². The minimum atomic E-state index is -4.76. The number of hydrogen-bond acceptors (Lipinski definition) is 6. The van der Waals surface area contributed by atoms with Crippen molar-refractivity contribution in [3.8, 4) is 5.75 Å². The summed E-state index contributed by atoms with van der Waals surface area (Å²) >= 11 is 0. The number of pyridine rings is 1. The second kappa shape index (κ2) is 8.47. The molecule has 154 valence electrons. The molecule has 2 heterocycles. The smallest absolute Gasteiger partial charge is 0.406 e. The number of hydrogen-bond donors (Lipinski definition) is 1. The molecular weight excluding hydrogens is 401 g/mol. The summed E-state index contributed by atoms with van der Waals surface area (Å²) in [5.74, 6) is -0.333. The molecule has 2 unspecified atom stereocenters. The molecule has 2 aromatic heterocycles. The van der Waals surface area contributed by atoms with Gasteiger partial charge < -0.3 is 9.84 Å². The van der Waals surface area contributed by atoms with Gasteiger partial charge >= 0.3 is 6.36 Å². The van der Waals surface area contributed by atoms with Gasteiger partial charge in [-0.05, 0) is 46.2 Å². The molecule has 3 aromatic rings. The number of rotatable bonds is 7. The number of aliphatic hydroxyl groups excluding tert-OH is 1. The third-order valence-electron chi connectivity index (χ3n) is 3.95. The fourth-order valence-corrected chi connectivity index (χ4v) is 2.66. The Hall–Kier alpha value is -3.15. The Morgan fingerprint density at radius 1 is 1.03 bits per heavy atom. The largest absolute Gasteiger partial charge is 0.573 e. The molecule has 0 aliphatic carbocycles. The molecule has 0 radical (unpaired) electrons. The van der Waals surface area contributed by atoms with Gasteiger partial charge in [0.1, 0.15) is 24.2 Å². The van der Waals surface area contributed by atoms with Crippen LogP contribution in [0.5, 0.6) is 5.75 Å². The van der Waals surface area contributed by atoms with Crippen molar-refractivity contribution in [2.24, 2.45) is 0 Å². The summed E-state index contributed by atoms with van der Waals surface area (Å²) in [6.45, 7) is 0. The van der Waals surface area contributed by atoms with Gasteiger partial charge in [0.05, 0.1) is 5.69 Å². The summed E-state index contributed by atoms with van der Waals surface area (Å²) in [4.78, 5) is 4.12. The second-order valence-electron chi connectivity index (χ2n) is 6.02. The molecule has 0 amide bonds. The van der Waals surface area contributed by atoms with E-state index >= 15 is 0 Å². The zero-order valence-corrected chi connectivity index (χ0v) is 14.5. The molecule has 0 bridgehead atoms. The van der Waals surface area contributed by atoms with Gasteiger partial charge in [0.15, 0.2) is 0 Å². The average Bonchev–Trinajstić information content (AvgIpc) is 3.18. The van der Waals surface area contributed by atoms with Crippen LogP contribution >= 0.6 is 0 Å². The van der Waals surface area contributed by atoms with Crippen molar-refractivity contribution in [1.82, 2.24) is 25.2 Å². The summed E-state index contributed by atoms with van der Waals surface area (Å²) < 4.78 is 67.4. The number of aliphatic hydroxyl groups is 1. The third kappa shape index (κ3) is 5.44. The molecule has 1 aromatic carbocycles. The van der Waals surface area contributed by atoms with E-state index in [9.17, 15) is 27.1 Å². The lowest BCUT2D eigenvalue weighted by molar-refractivity contribution is -0.274. The number of alkyl halides is 5. The van der Waals surface area contributed by atoms with Crippen LogP contribution in [-0.4, -0.2) is 49.2 Å². The molecule has 1 N–H and O–H groups in total. The van der Waals surface area contributed by atoms with E-state index in [1.807, 2.05) is 0 Å². The normalized spacial score (nSPS) is 14.0.